The molecule has 0 aliphatic heterocycles. The summed E-state index contributed by atoms with van der Waals surface area (Å²) in [7, 11) is 0. The molecule has 2 unspecified atom stereocenters. The average Bonchev–Trinajstić information content (AvgIpc) is 3.17. The molecule has 120 valence electrons. The van der Waals surface area contributed by atoms with Crippen LogP contribution in [-0.4, -0.2) is 0 Å². The lowest BCUT2D eigenvalue weighted by molar-refractivity contribution is 0.487. The molecular weight excluding hydrogens is 240 g/mol. The van der Waals surface area contributed by atoms with Gasteiger partial charge in [0.2, 0.25) is 0 Å². The molecule has 2 atom stereocenters. The van der Waals surface area contributed by atoms with Crippen LogP contribution in [0.15, 0.2) is 0 Å². The van der Waals surface area contributed by atoms with Crippen LogP contribution < -0.4 is 0 Å². The van der Waals surface area contributed by atoms with Crippen LogP contribution >= 0.6 is 0 Å². The Bertz CT molecular complexity index is 206. The van der Waals surface area contributed by atoms with Crippen molar-refractivity contribution in [2.75, 3.05) is 0 Å². The lowest BCUT2D eigenvalue weighted by Gasteiger charge is -2.04. The van der Waals surface area contributed by atoms with Crippen molar-refractivity contribution < 1.29 is 0 Å². The zero-order valence-corrected chi connectivity index (χ0v) is 14.6. The molecule has 0 N–H and O–H groups in total. The van der Waals surface area contributed by atoms with E-state index in [9.17, 15) is 0 Å². The van der Waals surface area contributed by atoms with Crippen molar-refractivity contribution in [3.05, 3.63) is 0 Å². The second-order valence-corrected chi connectivity index (χ2v) is 7.70. The number of unbranched alkanes of at least 4 members (excludes halogenated alkanes) is 9. The lowest BCUT2D eigenvalue weighted by atomic mass is 10.0. The molecule has 0 saturated heterocycles. The van der Waals surface area contributed by atoms with Gasteiger partial charge in [0.1, 0.15) is 0 Å². The predicted molar refractivity (Wildman–Crippen MR) is 92.1 cm³/mol. The van der Waals surface area contributed by atoms with Gasteiger partial charge in [0, 0.05) is 0 Å². The first-order valence-electron chi connectivity index (χ1n) is 9.74. The van der Waals surface area contributed by atoms with Gasteiger partial charge in [0.05, 0.1) is 0 Å². The minimum absolute atomic E-state index is 0.911. The fourth-order valence-electron chi connectivity index (χ4n) is 3.46. The van der Waals surface area contributed by atoms with Crippen molar-refractivity contribution in [3.63, 3.8) is 0 Å². The van der Waals surface area contributed by atoms with Gasteiger partial charge in [-0.15, -0.1) is 0 Å². The monoisotopic (exact) mass is 280 g/mol. The second kappa shape index (κ2) is 11.6. The third-order valence-corrected chi connectivity index (χ3v) is 5.11. The lowest BCUT2D eigenvalue weighted by Crippen LogP contribution is -1.90. The van der Waals surface area contributed by atoms with Gasteiger partial charge < -0.3 is 0 Å². The standard InChI is InChI=1S/C20H40/c1-4-5-6-7-8-9-10-11-12-13-14-19-17-20(19)16-15-18(2)3/h18-20H,4-17H2,1-3H3. The van der Waals surface area contributed by atoms with E-state index in [1.165, 1.54) is 77.0 Å². The van der Waals surface area contributed by atoms with Crippen molar-refractivity contribution in [2.45, 2.75) is 111 Å². The van der Waals surface area contributed by atoms with E-state index in [2.05, 4.69) is 20.8 Å². The Morgan fingerprint density at radius 3 is 1.75 bits per heavy atom. The molecule has 0 aromatic carbocycles. The highest BCUT2D eigenvalue weighted by Gasteiger charge is 2.35. The Hall–Kier alpha value is 0. The van der Waals surface area contributed by atoms with E-state index in [4.69, 9.17) is 0 Å². The third kappa shape index (κ3) is 9.83. The van der Waals surface area contributed by atoms with Gasteiger partial charge in [-0.2, -0.15) is 0 Å². The fraction of sp³-hybridized carbons (Fsp3) is 1.00. The Labute approximate surface area is 129 Å². The Morgan fingerprint density at radius 2 is 1.20 bits per heavy atom. The topological polar surface area (TPSA) is 0 Å². The smallest absolute Gasteiger partial charge is 0.0383 e. The highest BCUT2D eigenvalue weighted by molar-refractivity contribution is 4.85. The van der Waals surface area contributed by atoms with E-state index < -0.39 is 0 Å². The molecular formula is C20H40. The summed E-state index contributed by atoms with van der Waals surface area (Å²) in [5.41, 5.74) is 0. The molecule has 1 fully saturated rings. The van der Waals surface area contributed by atoms with Gasteiger partial charge in [-0.25, -0.2) is 0 Å². The van der Waals surface area contributed by atoms with Crippen LogP contribution in [0.1, 0.15) is 111 Å². The molecule has 0 bridgehead atoms. The molecule has 0 nitrogen and oxygen atoms in total. The van der Waals surface area contributed by atoms with E-state index in [1.807, 2.05) is 0 Å². The van der Waals surface area contributed by atoms with Crippen LogP contribution in [0.2, 0.25) is 0 Å². The fourth-order valence-corrected chi connectivity index (χ4v) is 3.46. The van der Waals surface area contributed by atoms with E-state index in [1.54, 1.807) is 12.8 Å². The van der Waals surface area contributed by atoms with E-state index >= 15 is 0 Å². The number of hydrogen-bond donors (Lipinski definition) is 0. The highest BCUT2D eigenvalue weighted by Crippen LogP contribution is 2.45. The summed E-state index contributed by atoms with van der Waals surface area (Å²) >= 11 is 0. The van der Waals surface area contributed by atoms with E-state index in [-0.39, 0.29) is 0 Å². The van der Waals surface area contributed by atoms with Gasteiger partial charge in [-0.3, -0.25) is 0 Å². The highest BCUT2D eigenvalue weighted by atomic mass is 14.4. The molecule has 20 heavy (non-hydrogen) atoms. The van der Waals surface area contributed by atoms with Crippen LogP contribution in [0.5, 0.6) is 0 Å². The quantitative estimate of drug-likeness (QED) is 0.291. The van der Waals surface area contributed by atoms with E-state index in [0.29, 0.717) is 0 Å². The maximum Gasteiger partial charge on any atom is -0.0383 e. The summed E-state index contributed by atoms with van der Waals surface area (Å²) in [6, 6.07) is 0. The molecule has 1 aliphatic carbocycles. The minimum atomic E-state index is 0.911. The van der Waals surface area contributed by atoms with Gasteiger partial charge in [0.15, 0.2) is 0 Å². The van der Waals surface area contributed by atoms with Crippen LogP contribution in [0.4, 0.5) is 0 Å². The molecule has 1 aliphatic rings. The normalized spacial score (nSPS) is 21.6. The summed E-state index contributed by atoms with van der Waals surface area (Å²) in [5.74, 6) is 3.16. The summed E-state index contributed by atoms with van der Waals surface area (Å²) in [4.78, 5) is 0. The van der Waals surface area contributed by atoms with Crippen LogP contribution in [0, 0.1) is 17.8 Å². The Morgan fingerprint density at radius 1 is 0.700 bits per heavy atom. The predicted octanol–water partition coefficient (Wildman–Crippen LogP) is 7.37. The van der Waals surface area contributed by atoms with Crippen molar-refractivity contribution in [1.29, 1.82) is 0 Å². The van der Waals surface area contributed by atoms with Crippen LogP contribution in [0.3, 0.4) is 0 Å². The Kier molecular flexibility index (Phi) is 10.5. The molecule has 1 saturated carbocycles. The SMILES string of the molecule is CCCCCCCCCCCCC1CC1CCC(C)C. The average molecular weight is 281 g/mol. The van der Waals surface area contributed by atoms with Gasteiger partial charge in [-0.1, -0.05) is 97.8 Å². The van der Waals surface area contributed by atoms with E-state index in [0.717, 1.165) is 17.8 Å². The minimum Gasteiger partial charge on any atom is -0.0654 e. The first kappa shape index (κ1) is 18.1. The summed E-state index contributed by atoms with van der Waals surface area (Å²) in [6.45, 7) is 7.02. The zero-order valence-electron chi connectivity index (χ0n) is 14.6. The summed E-state index contributed by atoms with van der Waals surface area (Å²) in [5, 5.41) is 0. The molecule has 0 heteroatoms. The van der Waals surface area contributed by atoms with Crippen LogP contribution in [-0.2, 0) is 0 Å². The molecule has 0 radical (unpaired) electrons. The second-order valence-electron chi connectivity index (χ2n) is 7.70. The molecule has 0 aromatic heterocycles. The maximum atomic E-state index is 2.36. The largest absolute Gasteiger partial charge is 0.0654 e. The van der Waals surface area contributed by atoms with Crippen LogP contribution in [0.25, 0.3) is 0 Å². The number of hydrogen-bond acceptors (Lipinski definition) is 0. The summed E-state index contributed by atoms with van der Waals surface area (Å²) < 4.78 is 0. The molecule has 0 amide bonds. The zero-order chi connectivity index (χ0) is 14.6. The van der Waals surface area contributed by atoms with Gasteiger partial charge >= 0.3 is 0 Å². The van der Waals surface area contributed by atoms with Gasteiger partial charge in [-0.05, 0) is 30.6 Å². The number of rotatable bonds is 14. The van der Waals surface area contributed by atoms with Crippen molar-refractivity contribution >= 4 is 0 Å². The molecule has 0 heterocycles. The molecule has 0 spiro atoms. The third-order valence-electron chi connectivity index (χ3n) is 5.11. The van der Waals surface area contributed by atoms with Gasteiger partial charge in [0.25, 0.3) is 0 Å². The first-order valence-corrected chi connectivity index (χ1v) is 9.74. The maximum absolute atomic E-state index is 2.36. The van der Waals surface area contributed by atoms with Crippen molar-refractivity contribution in [1.82, 2.24) is 0 Å². The molecule has 0 aromatic rings. The first-order chi connectivity index (χ1) is 9.74. The summed E-state index contributed by atoms with van der Waals surface area (Å²) in [6.07, 6.45) is 20.8. The Balaban J connectivity index is 1.73. The van der Waals surface area contributed by atoms with Crippen molar-refractivity contribution in [3.8, 4) is 0 Å². The van der Waals surface area contributed by atoms with Crippen molar-refractivity contribution in [2.24, 2.45) is 17.8 Å². The molecule has 1 rings (SSSR count).